The summed E-state index contributed by atoms with van der Waals surface area (Å²) in [4.78, 5) is 46.1. The van der Waals surface area contributed by atoms with E-state index in [-0.39, 0.29) is 11.6 Å². The molecule has 5 aromatic rings. The van der Waals surface area contributed by atoms with Crippen molar-refractivity contribution in [1.29, 1.82) is 0 Å². The van der Waals surface area contributed by atoms with Crippen LogP contribution in [0.2, 0.25) is 0 Å². The van der Waals surface area contributed by atoms with Crippen molar-refractivity contribution in [3.8, 4) is 27.8 Å². The van der Waals surface area contributed by atoms with Crippen LogP contribution in [0.25, 0.3) is 16.6 Å². The molecule has 0 saturated heterocycles. The van der Waals surface area contributed by atoms with Gasteiger partial charge in [-0.3, -0.25) is 14.4 Å². The Kier molecular flexibility index (Phi) is 11.5. The zero-order valence-electron chi connectivity index (χ0n) is 26.4. The van der Waals surface area contributed by atoms with E-state index in [1.54, 1.807) is 78.9 Å². The number of methoxy groups -OCH3 is 3. The first-order chi connectivity index (χ1) is 23.3. The van der Waals surface area contributed by atoms with Gasteiger partial charge in [0.25, 0.3) is 11.8 Å². The highest BCUT2D eigenvalue weighted by molar-refractivity contribution is 8.00. The molecule has 48 heavy (non-hydrogen) atoms. The summed E-state index contributed by atoms with van der Waals surface area (Å²) >= 11 is 4.30. The fraction of sp³-hybridized carbons (Fsp3) is 0.143. The highest BCUT2D eigenvalue weighted by Gasteiger charge is 2.20. The van der Waals surface area contributed by atoms with Gasteiger partial charge in [-0.1, -0.05) is 30.3 Å². The molecule has 3 N–H and O–H groups in total. The SMILES string of the molecule is COc1cc(/C=C(/NC(=O)c2ccccc2)C(=O)Nc2cccc(SC(C)C(=O)Nc3nc(-c4cccs4)cs3)c2)cc(OC)c1OC. The Hall–Kier alpha value is -5.11. The number of nitrogens with one attached hydrogen (secondary N) is 3. The molecule has 2 heterocycles. The van der Waals surface area contributed by atoms with Gasteiger partial charge in [-0.05, 0) is 72.5 Å². The number of hydrogen-bond donors (Lipinski definition) is 3. The number of benzene rings is 3. The van der Waals surface area contributed by atoms with Gasteiger partial charge in [0, 0.05) is 21.5 Å². The summed E-state index contributed by atoms with van der Waals surface area (Å²) < 4.78 is 16.3. The molecule has 0 aliphatic rings. The normalized spacial score (nSPS) is 11.7. The first-order valence-corrected chi connectivity index (χ1v) is 17.2. The predicted molar refractivity (Wildman–Crippen MR) is 192 cm³/mol. The zero-order valence-corrected chi connectivity index (χ0v) is 28.9. The van der Waals surface area contributed by atoms with E-state index in [1.165, 1.54) is 50.5 Å². The Labute approximate surface area is 290 Å². The zero-order chi connectivity index (χ0) is 34.0. The van der Waals surface area contributed by atoms with E-state index in [2.05, 4.69) is 20.9 Å². The molecule has 3 aromatic carbocycles. The summed E-state index contributed by atoms with van der Waals surface area (Å²) in [6, 6.07) is 23.0. The maximum absolute atomic E-state index is 13.7. The smallest absolute Gasteiger partial charge is 0.272 e. The van der Waals surface area contributed by atoms with Crippen molar-refractivity contribution in [1.82, 2.24) is 10.3 Å². The van der Waals surface area contributed by atoms with Gasteiger partial charge in [0.05, 0.1) is 37.2 Å². The van der Waals surface area contributed by atoms with Crippen molar-refractivity contribution in [3.63, 3.8) is 0 Å². The van der Waals surface area contributed by atoms with Gasteiger partial charge in [-0.25, -0.2) is 4.98 Å². The predicted octanol–water partition coefficient (Wildman–Crippen LogP) is 7.43. The summed E-state index contributed by atoms with van der Waals surface area (Å²) in [6.07, 6.45) is 1.52. The number of carbonyl (C=O) groups is 3. The highest BCUT2D eigenvalue weighted by Crippen LogP contribution is 2.39. The number of thiazole rings is 1. The van der Waals surface area contributed by atoms with E-state index >= 15 is 0 Å². The lowest BCUT2D eigenvalue weighted by molar-refractivity contribution is -0.115. The minimum Gasteiger partial charge on any atom is -0.493 e. The topological polar surface area (TPSA) is 128 Å². The molecule has 1 unspecified atom stereocenters. The van der Waals surface area contributed by atoms with Crippen molar-refractivity contribution in [2.24, 2.45) is 0 Å². The van der Waals surface area contributed by atoms with Crippen LogP contribution < -0.4 is 30.2 Å². The Balaban J connectivity index is 1.32. The third-order valence-corrected chi connectivity index (χ3v) is 9.55. The van der Waals surface area contributed by atoms with E-state index in [4.69, 9.17) is 14.2 Å². The van der Waals surface area contributed by atoms with Gasteiger partial charge in [0.1, 0.15) is 5.70 Å². The number of carbonyl (C=O) groups excluding carboxylic acids is 3. The van der Waals surface area contributed by atoms with Crippen LogP contribution in [0.4, 0.5) is 10.8 Å². The Morgan fingerprint density at radius 2 is 1.60 bits per heavy atom. The summed E-state index contributed by atoms with van der Waals surface area (Å²) in [5, 5.41) is 12.5. The van der Waals surface area contributed by atoms with Crippen molar-refractivity contribution in [3.05, 3.63) is 106 Å². The van der Waals surface area contributed by atoms with Crippen LogP contribution in [-0.4, -0.2) is 49.3 Å². The number of thioether (sulfide) groups is 1. The lowest BCUT2D eigenvalue weighted by Gasteiger charge is -2.15. The molecule has 0 radical (unpaired) electrons. The van der Waals surface area contributed by atoms with E-state index < -0.39 is 17.1 Å². The van der Waals surface area contributed by atoms with Gasteiger partial charge in [0.2, 0.25) is 11.7 Å². The second-order valence-corrected chi connectivity index (χ2v) is 13.3. The quantitative estimate of drug-likeness (QED) is 0.0855. The number of rotatable bonds is 13. The Morgan fingerprint density at radius 3 is 2.27 bits per heavy atom. The molecule has 1 atom stereocenters. The van der Waals surface area contributed by atoms with E-state index in [1.807, 2.05) is 29.0 Å². The standard InChI is InChI=1S/C35H32N4O6S3/c1-21(32(40)39-35-38-27(20-47-35)30-14-9-15-46-30)48-25-13-8-12-24(19-25)36-34(42)26(37-33(41)23-10-6-5-7-11-23)16-22-17-28(43-2)31(45-4)29(18-22)44-3/h5-21H,1-4H3,(H,36,42)(H,37,41)(H,38,39,40)/b26-16+. The van der Waals surface area contributed by atoms with Gasteiger partial charge >= 0.3 is 0 Å². The molecule has 0 bridgehead atoms. The molecule has 0 fully saturated rings. The van der Waals surface area contributed by atoms with Crippen LogP contribution >= 0.6 is 34.4 Å². The van der Waals surface area contributed by atoms with Crippen molar-refractivity contribution in [2.45, 2.75) is 17.1 Å². The monoisotopic (exact) mass is 700 g/mol. The fourth-order valence-electron chi connectivity index (χ4n) is 4.47. The number of amides is 3. The molecule has 0 aliphatic heterocycles. The van der Waals surface area contributed by atoms with Crippen molar-refractivity contribution in [2.75, 3.05) is 32.0 Å². The van der Waals surface area contributed by atoms with Crippen LogP contribution in [0.15, 0.2) is 100 Å². The number of anilines is 2. The van der Waals surface area contributed by atoms with Crippen LogP contribution in [0.3, 0.4) is 0 Å². The highest BCUT2D eigenvalue weighted by atomic mass is 32.2. The molecular weight excluding hydrogens is 669 g/mol. The average molecular weight is 701 g/mol. The fourth-order valence-corrected chi connectivity index (χ4v) is 6.87. The number of aromatic nitrogens is 1. The molecule has 0 aliphatic carbocycles. The summed E-state index contributed by atoms with van der Waals surface area (Å²) in [6.45, 7) is 1.80. The lowest BCUT2D eigenvalue weighted by atomic mass is 10.1. The Morgan fingerprint density at radius 1 is 0.854 bits per heavy atom. The number of ether oxygens (including phenoxy) is 3. The second-order valence-electron chi connectivity index (χ2n) is 10.1. The van der Waals surface area contributed by atoms with Gasteiger partial charge in [-0.2, -0.15) is 0 Å². The summed E-state index contributed by atoms with van der Waals surface area (Å²) in [5.41, 5.74) is 2.19. The van der Waals surface area contributed by atoms with Gasteiger partial charge in [0.15, 0.2) is 16.6 Å². The molecule has 2 aromatic heterocycles. The molecule has 0 saturated carbocycles. The van der Waals surface area contributed by atoms with Crippen molar-refractivity contribution < 1.29 is 28.6 Å². The van der Waals surface area contributed by atoms with Gasteiger partial charge in [-0.15, -0.1) is 34.4 Å². The molecule has 246 valence electrons. The van der Waals surface area contributed by atoms with Crippen LogP contribution in [0.1, 0.15) is 22.8 Å². The minimum atomic E-state index is -0.564. The third kappa shape index (κ3) is 8.62. The molecule has 10 nitrogen and oxygen atoms in total. The molecular formula is C35H32N4O6S3. The Bertz CT molecular complexity index is 1900. The molecule has 13 heteroatoms. The number of thiophene rings is 1. The first kappa shape index (κ1) is 34.2. The first-order valence-electron chi connectivity index (χ1n) is 14.5. The summed E-state index contributed by atoms with van der Waals surface area (Å²) in [5.74, 6) is -0.0531. The van der Waals surface area contributed by atoms with E-state index in [0.29, 0.717) is 39.2 Å². The maximum atomic E-state index is 13.7. The molecule has 0 spiro atoms. The maximum Gasteiger partial charge on any atom is 0.272 e. The van der Waals surface area contributed by atoms with E-state index in [0.717, 1.165) is 15.5 Å². The lowest BCUT2D eigenvalue weighted by Crippen LogP contribution is -2.30. The van der Waals surface area contributed by atoms with Gasteiger partial charge < -0.3 is 30.2 Å². The number of hydrogen-bond acceptors (Lipinski definition) is 10. The molecule has 3 amide bonds. The third-order valence-electron chi connectivity index (χ3n) is 6.81. The molecule has 5 rings (SSSR count). The summed E-state index contributed by atoms with van der Waals surface area (Å²) in [7, 11) is 4.48. The van der Waals surface area contributed by atoms with E-state index in [9.17, 15) is 14.4 Å². The van der Waals surface area contributed by atoms with Crippen LogP contribution in [0, 0.1) is 0 Å². The minimum absolute atomic E-state index is 0.0192. The largest absolute Gasteiger partial charge is 0.493 e. The van der Waals surface area contributed by atoms with Crippen molar-refractivity contribution >= 4 is 69.1 Å². The second kappa shape index (κ2) is 16.1. The average Bonchev–Trinajstić information content (AvgIpc) is 3.81. The number of nitrogens with zero attached hydrogens (tertiary/aromatic N) is 1. The van der Waals surface area contributed by atoms with Crippen LogP contribution in [-0.2, 0) is 9.59 Å². The van der Waals surface area contributed by atoms with Crippen LogP contribution in [0.5, 0.6) is 17.2 Å².